The first kappa shape index (κ1) is 22.0. The Kier molecular flexibility index (Phi) is 7.37. The van der Waals surface area contributed by atoms with E-state index < -0.39 is 6.04 Å². The smallest absolute Gasteiger partial charge is 0.249 e. The summed E-state index contributed by atoms with van der Waals surface area (Å²) in [7, 11) is 1.59. The van der Waals surface area contributed by atoms with Gasteiger partial charge in [-0.15, -0.1) is 0 Å². The second-order valence-corrected chi connectivity index (χ2v) is 7.10. The van der Waals surface area contributed by atoms with E-state index in [4.69, 9.17) is 14.0 Å². The lowest BCUT2D eigenvalue weighted by molar-refractivity contribution is -0.117. The minimum absolute atomic E-state index is 0.0497. The highest BCUT2D eigenvalue weighted by Gasteiger charge is 2.24. The summed E-state index contributed by atoms with van der Waals surface area (Å²) in [6.45, 7) is 6.37. The maximum Gasteiger partial charge on any atom is 0.249 e. The van der Waals surface area contributed by atoms with E-state index in [-0.39, 0.29) is 11.8 Å². The molecule has 0 aliphatic heterocycles. The number of methoxy groups -OCH3 is 1. The minimum atomic E-state index is -0.421. The highest BCUT2D eigenvalue weighted by molar-refractivity contribution is 5.92. The van der Waals surface area contributed by atoms with Crippen LogP contribution in [-0.4, -0.2) is 34.7 Å². The largest absolute Gasteiger partial charge is 0.493 e. The Bertz CT molecular complexity index is 1030. The topological polar surface area (TPSA) is 99.4 Å². The molecule has 0 fully saturated rings. The molecule has 162 valence electrons. The normalized spacial score (nSPS) is 12.2. The average Bonchev–Trinajstić information content (AvgIpc) is 3.27. The molecule has 8 heteroatoms. The van der Waals surface area contributed by atoms with E-state index in [1.165, 1.54) is 6.08 Å². The summed E-state index contributed by atoms with van der Waals surface area (Å²) in [6, 6.07) is 8.65. The van der Waals surface area contributed by atoms with Crippen molar-refractivity contribution in [1.29, 1.82) is 0 Å². The molecule has 3 aromatic rings. The Balaban J connectivity index is 1.72. The van der Waals surface area contributed by atoms with Crippen molar-refractivity contribution in [2.75, 3.05) is 13.7 Å². The van der Waals surface area contributed by atoms with Gasteiger partial charge in [0.2, 0.25) is 17.6 Å². The molecule has 0 radical (unpaired) electrons. The first-order valence-electron chi connectivity index (χ1n) is 10.0. The van der Waals surface area contributed by atoms with Gasteiger partial charge in [-0.2, -0.15) is 4.98 Å². The first-order valence-corrected chi connectivity index (χ1v) is 10.0. The van der Waals surface area contributed by atoms with Crippen LogP contribution in [0, 0.1) is 5.92 Å². The van der Waals surface area contributed by atoms with Gasteiger partial charge >= 0.3 is 0 Å². The first-order chi connectivity index (χ1) is 15.0. The summed E-state index contributed by atoms with van der Waals surface area (Å²) >= 11 is 0. The number of ether oxygens (including phenoxy) is 2. The molecule has 0 bridgehead atoms. The number of hydrogen-bond donors (Lipinski definition) is 1. The third-order valence-corrected chi connectivity index (χ3v) is 4.53. The zero-order chi connectivity index (χ0) is 22.2. The van der Waals surface area contributed by atoms with E-state index in [2.05, 4.69) is 20.4 Å². The zero-order valence-corrected chi connectivity index (χ0v) is 18.0. The van der Waals surface area contributed by atoms with Gasteiger partial charge < -0.3 is 19.3 Å². The van der Waals surface area contributed by atoms with E-state index in [0.717, 1.165) is 11.1 Å². The molecule has 0 spiro atoms. The number of amides is 1. The summed E-state index contributed by atoms with van der Waals surface area (Å²) < 4.78 is 16.3. The van der Waals surface area contributed by atoms with Crippen LogP contribution in [0.25, 0.3) is 17.5 Å². The van der Waals surface area contributed by atoms with Crippen LogP contribution in [0.1, 0.15) is 38.3 Å². The SMILES string of the molecule is CCOc1cc(/C=C/C(=O)NC(c2nc(-c3ccncc3)no2)C(C)C)ccc1OC. The molecular weight excluding hydrogens is 396 g/mol. The summed E-state index contributed by atoms with van der Waals surface area (Å²) in [5.74, 6) is 1.86. The summed E-state index contributed by atoms with van der Waals surface area (Å²) in [4.78, 5) is 21.0. The third-order valence-electron chi connectivity index (χ3n) is 4.53. The summed E-state index contributed by atoms with van der Waals surface area (Å²) in [5, 5.41) is 6.96. The zero-order valence-electron chi connectivity index (χ0n) is 18.0. The summed E-state index contributed by atoms with van der Waals surface area (Å²) in [5.41, 5.74) is 1.61. The number of hydrogen-bond acceptors (Lipinski definition) is 7. The predicted molar refractivity (Wildman–Crippen MR) is 116 cm³/mol. The maximum atomic E-state index is 12.6. The molecule has 1 atom stereocenters. The number of nitrogens with one attached hydrogen (secondary N) is 1. The lowest BCUT2D eigenvalue weighted by Crippen LogP contribution is -2.30. The fourth-order valence-corrected chi connectivity index (χ4v) is 2.93. The van der Waals surface area contributed by atoms with Crippen LogP contribution in [0.4, 0.5) is 0 Å². The van der Waals surface area contributed by atoms with Gasteiger partial charge in [0.05, 0.1) is 13.7 Å². The van der Waals surface area contributed by atoms with Crippen molar-refractivity contribution in [3.63, 3.8) is 0 Å². The van der Waals surface area contributed by atoms with E-state index in [1.54, 1.807) is 43.8 Å². The average molecular weight is 422 g/mol. The van der Waals surface area contributed by atoms with Crippen LogP contribution in [0.15, 0.2) is 53.3 Å². The van der Waals surface area contributed by atoms with E-state index in [1.807, 2.05) is 32.9 Å². The van der Waals surface area contributed by atoms with Crippen LogP contribution in [0.3, 0.4) is 0 Å². The Hall–Kier alpha value is -3.68. The van der Waals surface area contributed by atoms with Gasteiger partial charge in [0, 0.05) is 24.0 Å². The van der Waals surface area contributed by atoms with Gasteiger partial charge in [0.25, 0.3) is 0 Å². The quantitative estimate of drug-likeness (QED) is 0.519. The molecular formula is C23H26N4O4. The fraction of sp³-hybridized carbons (Fsp3) is 0.304. The number of carbonyl (C=O) groups excluding carboxylic acids is 1. The minimum Gasteiger partial charge on any atom is -0.493 e. The molecule has 2 aromatic heterocycles. The predicted octanol–water partition coefficient (Wildman–Crippen LogP) is 4.07. The number of rotatable bonds is 9. The molecule has 1 unspecified atom stereocenters. The fourth-order valence-electron chi connectivity index (χ4n) is 2.93. The van der Waals surface area contributed by atoms with Gasteiger partial charge in [0.15, 0.2) is 11.5 Å². The highest BCUT2D eigenvalue weighted by atomic mass is 16.5. The van der Waals surface area contributed by atoms with Crippen LogP contribution in [-0.2, 0) is 4.79 Å². The Labute approximate surface area is 181 Å². The van der Waals surface area contributed by atoms with Crippen molar-refractivity contribution >= 4 is 12.0 Å². The number of nitrogens with zero attached hydrogens (tertiary/aromatic N) is 3. The van der Waals surface area contributed by atoms with Crippen molar-refractivity contribution < 1.29 is 18.8 Å². The molecule has 2 heterocycles. The van der Waals surface area contributed by atoms with E-state index in [0.29, 0.717) is 29.8 Å². The molecule has 1 amide bonds. The van der Waals surface area contributed by atoms with E-state index >= 15 is 0 Å². The van der Waals surface area contributed by atoms with Gasteiger partial charge in [-0.05, 0) is 48.7 Å². The highest BCUT2D eigenvalue weighted by Crippen LogP contribution is 2.28. The lowest BCUT2D eigenvalue weighted by atomic mass is 10.0. The molecule has 0 saturated carbocycles. The van der Waals surface area contributed by atoms with Crippen molar-refractivity contribution in [2.45, 2.75) is 26.8 Å². The van der Waals surface area contributed by atoms with Crippen LogP contribution in [0.5, 0.6) is 11.5 Å². The standard InChI is InChI=1S/C23H26N4O4/c1-5-30-19-14-16(6-8-18(19)29-4)7-9-20(28)25-21(15(2)3)23-26-22(27-31-23)17-10-12-24-13-11-17/h6-15,21H,5H2,1-4H3,(H,25,28)/b9-7+. The lowest BCUT2D eigenvalue weighted by Gasteiger charge is -2.17. The molecule has 1 N–H and O–H groups in total. The molecule has 0 aliphatic carbocycles. The Morgan fingerprint density at radius 1 is 1.19 bits per heavy atom. The number of benzene rings is 1. The second kappa shape index (κ2) is 10.4. The maximum absolute atomic E-state index is 12.6. The van der Waals surface area contributed by atoms with Crippen molar-refractivity contribution in [1.82, 2.24) is 20.4 Å². The number of pyridine rings is 1. The van der Waals surface area contributed by atoms with Gasteiger partial charge in [-0.3, -0.25) is 9.78 Å². The van der Waals surface area contributed by atoms with Crippen molar-refractivity contribution in [3.8, 4) is 22.9 Å². The van der Waals surface area contributed by atoms with Gasteiger partial charge in [-0.25, -0.2) is 0 Å². The van der Waals surface area contributed by atoms with Crippen LogP contribution >= 0.6 is 0 Å². The number of carbonyl (C=O) groups is 1. The monoisotopic (exact) mass is 422 g/mol. The van der Waals surface area contributed by atoms with Crippen LogP contribution < -0.4 is 14.8 Å². The molecule has 0 aliphatic rings. The molecule has 1 aromatic carbocycles. The molecule has 0 saturated heterocycles. The second-order valence-electron chi connectivity index (χ2n) is 7.10. The van der Waals surface area contributed by atoms with E-state index in [9.17, 15) is 4.79 Å². The molecule has 3 rings (SSSR count). The number of aromatic nitrogens is 3. The van der Waals surface area contributed by atoms with Gasteiger partial charge in [0.1, 0.15) is 6.04 Å². The van der Waals surface area contributed by atoms with Crippen molar-refractivity contribution in [2.24, 2.45) is 5.92 Å². The Morgan fingerprint density at radius 2 is 1.97 bits per heavy atom. The van der Waals surface area contributed by atoms with Crippen LogP contribution in [0.2, 0.25) is 0 Å². The third kappa shape index (κ3) is 5.69. The Morgan fingerprint density at radius 3 is 2.65 bits per heavy atom. The van der Waals surface area contributed by atoms with Crippen molar-refractivity contribution in [3.05, 3.63) is 60.3 Å². The molecule has 31 heavy (non-hydrogen) atoms. The van der Waals surface area contributed by atoms with Gasteiger partial charge in [-0.1, -0.05) is 25.1 Å². The molecule has 8 nitrogen and oxygen atoms in total. The summed E-state index contributed by atoms with van der Waals surface area (Å²) in [6.07, 6.45) is 6.50.